The van der Waals surface area contributed by atoms with Gasteiger partial charge in [0, 0.05) is 12.6 Å². The van der Waals surface area contributed by atoms with Crippen molar-refractivity contribution in [3.63, 3.8) is 0 Å². The lowest BCUT2D eigenvalue weighted by Crippen LogP contribution is -2.39. The van der Waals surface area contributed by atoms with E-state index < -0.39 is 5.67 Å². The first-order valence-corrected chi connectivity index (χ1v) is 5.28. The van der Waals surface area contributed by atoms with Crippen LogP contribution < -0.4 is 5.32 Å². The summed E-state index contributed by atoms with van der Waals surface area (Å²) in [6.07, 6.45) is 5.14. The molecule has 76 valence electrons. The van der Waals surface area contributed by atoms with E-state index in [0.29, 0.717) is 12.6 Å². The van der Waals surface area contributed by atoms with Crippen LogP contribution in [0, 0.1) is 0 Å². The lowest BCUT2D eigenvalue weighted by Gasteiger charge is -2.27. The number of aliphatic hydroxyl groups is 1. The summed E-state index contributed by atoms with van der Waals surface area (Å²) in [5, 5.41) is 12.6. The number of alkyl halides is 1. The maximum Gasteiger partial charge on any atom is 0.123 e. The van der Waals surface area contributed by atoms with E-state index in [2.05, 4.69) is 5.32 Å². The zero-order valence-electron chi connectivity index (χ0n) is 7.93. The van der Waals surface area contributed by atoms with Crippen LogP contribution in [-0.4, -0.2) is 29.5 Å². The highest BCUT2D eigenvalue weighted by Gasteiger charge is 2.43. The van der Waals surface area contributed by atoms with Crippen molar-refractivity contribution in [1.82, 2.24) is 5.32 Å². The fraction of sp³-hybridized carbons (Fsp3) is 1.00. The van der Waals surface area contributed by atoms with E-state index in [1.165, 1.54) is 0 Å². The molecular formula is C10H18FNO. The van der Waals surface area contributed by atoms with Crippen LogP contribution in [0.5, 0.6) is 0 Å². The zero-order chi connectivity index (χ0) is 9.31. The lowest BCUT2D eigenvalue weighted by molar-refractivity contribution is 0.108. The lowest BCUT2D eigenvalue weighted by atomic mass is 9.93. The molecule has 0 bridgehead atoms. The van der Waals surface area contributed by atoms with Gasteiger partial charge in [-0.2, -0.15) is 0 Å². The second kappa shape index (κ2) is 3.54. The minimum Gasteiger partial charge on any atom is -0.393 e. The first kappa shape index (κ1) is 9.41. The molecule has 2 saturated carbocycles. The summed E-state index contributed by atoms with van der Waals surface area (Å²) in [7, 11) is 0. The Morgan fingerprint density at radius 2 is 2.15 bits per heavy atom. The summed E-state index contributed by atoms with van der Waals surface area (Å²) >= 11 is 0. The third-order valence-corrected chi connectivity index (χ3v) is 3.15. The van der Waals surface area contributed by atoms with E-state index in [1.54, 1.807) is 0 Å². The van der Waals surface area contributed by atoms with E-state index in [0.717, 1.165) is 38.5 Å². The van der Waals surface area contributed by atoms with Gasteiger partial charge in [0.2, 0.25) is 0 Å². The molecule has 0 unspecified atom stereocenters. The molecule has 2 aliphatic rings. The monoisotopic (exact) mass is 187 g/mol. The van der Waals surface area contributed by atoms with Gasteiger partial charge in [-0.3, -0.25) is 0 Å². The van der Waals surface area contributed by atoms with Crippen LogP contribution in [0.1, 0.15) is 38.5 Å². The van der Waals surface area contributed by atoms with Gasteiger partial charge in [-0.15, -0.1) is 0 Å². The molecule has 2 N–H and O–H groups in total. The van der Waals surface area contributed by atoms with Crippen LogP contribution in [0.15, 0.2) is 0 Å². The first-order valence-electron chi connectivity index (χ1n) is 5.28. The molecular weight excluding hydrogens is 169 g/mol. The van der Waals surface area contributed by atoms with Crippen molar-refractivity contribution in [3.05, 3.63) is 0 Å². The highest BCUT2D eigenvalue weighted by atomic mass is 19.1. The van der Waals surface area contributed by atoms with Crippen molar-refractivity contribution in [3.8, 4) is 0 Å². The van der Waals surface area contributed by atoms with Crippen molar-refractivity contribution >= 4 is 0 Å². The van der Waals surface area contributed by atoms with Crippen LogP contribution in [0.4, 0.5) is 4.39 Å². The molecule has 2 nitrogen and oxygen atoms in total. The second-order valence-electron chi connectivity index (χ2n) is 4.55. The molecule has 0 aromatic carbocycles. The number of hydrogen-bond donors (Lipinski definition) is 2. The van der Waals surface area contributed by atoms with E-state index in [1.807, 2.05) is 0 Å². The molecule has 2 atom stereocenters. The summed E-state index contributed by atoms with van der Waals surface area (Å²) in [5.74, 6) is 0. The van der Waals surface area contributed by atoms with Gasteiger partial charge in [0.05, 0.1) is 6.10 Å². The summed E-state index contributed by atoms with van der Waals surface area (Å²) in [5.41, 5.74) is -0.900. The molecule has 0 aromatic rings. The second-order valence-corrected chi connectivity index (χ2v) is 4.55. The van der Waals surface area contributed by atoms with Gasteiger partial charge in [0.1, 0.15) is 5.67 Å². The third-order valence-electron chi connectivity index (χ3n) is 3.15. The van der Waals surface area contributed by atoms with Gasteiger partial charge < -0.3 is 10.4 Å². The van der Waals surface area contributed by atoms with Gasteiger partial charge in [0.15, 0.2) is 0 Å². The Bertz CT molecular complexity index is 182. The SMILES string of the molecule is O[C@@H]1CCC[C@H](NCC2(F)CC2)C1. The molecule has 2 fully saturated rings. The topological polar surface area (TPSA) is 32.3 Å². The normalized spacial score (nSPS) is 37.4. The summed E-state index contributed by atoms with van der Waals surface area (Å²) in [6, 6.07) is 0.344. The van der Waals surface area contributed by atoms with Crippen molar-refractivity contribution in [2.75, 3.05) is 6.54 Å². The first-order chi connectivity index (χ1) is 6.18. The van der Waals surface area contributed by atoms with E-state index >= 15 is 0 Å². The molecule has 2 aliphatic carbocycles. The standard InChI is InChI=1S/C10H18FNO/c11-10(4-5-10)7-12-8-2-1-3-9(13)6-8/h8-9,12-13H,1-7H2/t8-,9+/m0/s1. The smallest absolute Gasteiger partial charge is 0.123 e. The van der Waals surface area contributed by atoms with Crippen LogP contribution in [0.3, 0.4) is 0 Å². The number of rotatable bonds is 3. The molecule has 0 radical (unpaired) electrons. The number of halogens is 1. The highest BCUT2D eigenvalue weighted by Crippen LogP contribution is 2.39. The Morgan fingerprint density at radius 1 is 1.38 bits per heavy atom. The minimum absolute atomic E-state index is 0.166. The van der Waals surface area contributed by atoms with Gasteiger partial charge in [-0.25, -0.2) is 4.39 Å². The van der Waals surface area contributed by atoms with Gasteiger partial charge in [-0.1, -0.05) is 0 Å². The van der Waals surface area contributed by atoms with Crippen LogP contribution >= 0.6 is 0 Å². The highest BCUT2D eigenvalue weighted by molar-refractivity contribution is 4.97. The maximum absolute atomic E-state index is 13.2. The van der Waals surface area contributed by atoms with Gasteiger partial charge in [-0.05, 0) is 38.5 Å². The molecule has 0 spiro atoms. The zero-order valence-corrected chi connectivity index (χ0v) is 7.93. The number of aliphatic hydroxyl groups excluding tert-OH is 1. The summed E-state index contributed by atoms with van der Waals surface area (Å²) < 4.78 is 13.2. The Labute approximate surface area is 78.5 Å². The van der Waals surface area contributed by atoms with E-state index in [-0.39, 0.29) is 6.10 Å². The van der Waals surface area contributed by atoms with Crippen LogP contribution in [0.2, 0.25) is 0 Å². The molecule has 3 heteroatoms. The summed E-state index contributed by atoms with van der Waals surface area (Å²) in [6.45, 7) is 0.490. The van der Waals surface area contributed by atoms with Crippen molar-refractivity contribution in [1.29, 1.82) is 0 Å². The predicted molar refractivity (Wildman–Crippen MR) is 49.3 cm³/mol. The fourth-order valence-electron chi connectivity index (χ4n) is 1.99. The van der Waals surface area contributed by atoms with Gasteiger partial charge >= 0.3 is 0 Å². The van der Waals surface area contributed by atoms with E-state index in [4.69, 9.17) is 0 Å². The largest absolute Gasteiger partial charge is 0.393 e. The minimum atomic E-state index is -0.900. The average molecular weight is 187 g/mol. The molecule has 0 saturated heterocycles. The number of nitrogens with one attached hydrogen (secondary N) is 1. The predicted octanol–water partition coefficient (Wildman–Crippen LogP) is 1.38. The maximum atomic E-state index is 13.2. The Kier molecular flexibility index (Phi) is 2.56. The molecule has 0 amide bonds. The Morgan fingerprint density at radius 3 is 2.77 bits per heavy atom. The van der Waals surface area contributed by atoms with Crippen molar-refractivity contribution < 1.29 is 9.50 Å². The van der Waals surface area contributed by atoms with Crippen LogP contribution in [0.25, 0.3) is 0 Å². The van der Waals surface area contributed by atoms with E-state index in [9.17, 15) is 9.50 Å². The fourth-order valence-corrected chi connectivity index (χ4v) is 1.99. The quantitative estimate of drug-likeness (QED) is 0.699. The Hall–Kier alpha value is -0.150. The third kappa shape index (κ3) is 2.64. The molecule has 0 heterocycles. The Balaban J connectivity index is 1.68. The molecule has 0 aromatic heterocycles. The summed E-state index contributed by atoms with van der Waals surface area (Å²) in [4.78, 5) is 0. The average Bonchev–Trinajstić information content (AvgIpc) is 2.82. The van der Waals surface area contributed by atoms with Crippen LogP contribution in [-0.2, 0) is 0 Å². The molecule has 13 heavy (non-hydrogen) atoms. The van der Waals surface area contributed by atoms with Crippen molar-refractivity contribution in [2.45, 2.75) is 56.3 Å². The van der Waals surface area contributed by atoms with Crippen molar-refractivity contribution in [2.24, 2.45) is 0 Å². The molecule has 0 aliphatic heterocycles. The molecule has 2 rings (SSSR count). The number of hydrogen-bond acceptors (Lipinski definition) is 2. The van der Waals surface area contributed by atoms with Gasteiger partial charge in [0.25, 0.3) is 0 Å².